The summed E-state index contributed by atoms with van der Waals surface area (Å²) < 4.78 is 28.1. The van der Waals surface area contributed by atoms with Crippen LogP contribution < -0.4 is 0 Å². The highest BCUT2D eigenvalue weighted by molar-refractivity contribution is 7.47. The molecule has 2 atom stereocenters. The maximum absolute atomic E-state index is 12.2. The molecule has 0 spiro atoms. The van der Waals surface area contributed by atoms with Gasteiger partial charge in [0.2, 0.25) is 0 Å². The minimum absolute atomic E-state index is 0. The fourth-order valence-corrected chi connectivity index (χ4v) is 4.52. The van der Waals surface area contributed by atoms with Gasteiger partial charge in [-0.15, -0.1) is 6.58 Å². The van der Waals surface area contributed by atoms with Gasteiger partial charge in [-0.1, -0.05) is 70.3 Å². The Labute approximate surface area is 207 Å². The lowest BCUT2D eigenvalue weighted by molar-refractivity contribution is -0.873. The normalized spacial score (nSPS) is 14.2. The SMILES string of the molecule is C=CCOCCCCCCCCCCCCCCOP(=O)(O)O[C@H](CC(=O)O)C[N+](C)(C)C.[OH-]. The lowest BCUT2D eigenvalue weighted by Crippen LogP contribution is -2.42. The fraction of sp³-hybridized carbons (Fsp3) is 0.875. The topological polar surface area (TPSA) is 132 Å². The minimum Gasteiger partial charge on any atom is -0.870 e. The largest absolute Gasteiger partial charge is 0.870 e. The van der Waals surface area contributed by atoms with E-state index in [1.54, 1.807) is 6.08 Å². The third-order valence-electron chi connectivity index (χ3n) is 5.11. The van der Waals surface area contributed by atoms with E-state index < -0.39 is 19.9 Å². The molecule has 0 saturated heterocycles. The van der Waals surface area contributed by atoms with Crippen LogP contribution in [-0.4, -0.2) is 79.5 Å². The number of quaternary nitrogens is 1. The Morgan fingerprint density at radius 3 is 1.76 bits per heavy atom. The molecule has 3 N–H and O–H groups in total. The Kier molecular flexibility index (Phi) is 22.3. The molecule has 0 aliphatic heterocycles. The van der Waals surface area contributed by atoms with E-state index >= 15 is 0 Å². The summed E-state index contributed by atoms with van der Waals surface area (Å²) in [5.74, 6) is -1.07. The first-order valence-electron chi connectivity index (χ1n) is 12.4. The molecule has 204 valence electrons. The first kappa shape index (κ1) is 35.4. The summed E-state index contributed by atoms with van der Waals surface area (Å²) >= 11 is 0. The Hall–Kier alpha value is -0.800. The molecule has 0 aromatic carbocycles. The molecule has 10 heteroatoms. The van der Waals surface area contributed by atoms with E-state index in [0.29, 0.717) is 24.1 Å². The first-order chi connectivity index (χ1) is 15.6. The van der Waals surface area contributed by atoms with E-state index in [-0.39, 0.29) is 18.5 Å². The second-order valence-electron chi connectivity index (χ2n) is 9.71. The number of phosphoric acid groups is 1. The van der Waals surface area contributed by atoms with Gasteiger partial charge in [0.1, 0.15) is 12.6 Å². The van der Waals surface area contributed by atoms with Crippen molar-refractivity contribution in [2.45, 2.75) is 89.6 Å². The van der Waals surface area contributed by atoms with Crippen molar-refractivity contribution in [2.75, 3.05) is 47.5 Å². The fourth-order valence-electron chi connectivity index (χ4n) is 3.58. The van der Waals surface area contributed by atoms with Crippen molar-refractivity contribution < 1.29 is 43.1 Å². The number of carbonyl (C=O) groups is 1. The summed E-state index contributed by atoms with van der Waals surface area (Å²) in [6, 6.07) is 0. The predicted molar refractivity (Wildman–Crippen MR) is 134 cm³/mol. The van der Waals surface area contributed by atoms with Gasteiger partial charge < -0.3 is 24.7 Å². The summed E-state index contributed by atoms with van der Waals surface area (Å²) in [5.41, 5.74) is 0. The van der Waals surface area contributed by atoms with Crippen LogP contribution in [0, 0.1) is 0 Å². The van der Waals surface area contributed by atoms with Gasteiger partial charge in [-0.2, -0.15) is 0 Å². The average Bonchev–Trinajstić information content (AvgIpc) is 2.68. The summed E-state index contributed by atoms with van der Waals surface area (Å²) in [6.45, 7) is 5.55. The number of phosphoric ester groups is 1. The minimum atomic E-state index is -4.26. The number of aliphatic carboxylic acids is 1. The number of hydrogen-bond acceptors (Lipinski definition) is 6. The third kappa shape index (κ3) is 25.8. The maximum atomic E-state index is 12.2. The van der Waals surface area contributed by atoms with Crippen LogP contribution in [0.5, 0.6) is 0 Å². The number of hydrogen-bond donors (Lipinski definition) is 2. The van der Waals surface area contributed by atoms with Crippen molar-refractivity contribution in [1.29, 1.82) is 0 Å². The molecular weight excluding hydrogens is 461 g/mol. The molecule has 0 bridgehead atoms. The number of ether oxygens (including phenoxy) is 1. The van der Waals surface area contributed by atoms with Crippen LogP contribution in [0.2, 0.25) is 0 Å². The second-order valence-corrected chi connectivity index (χ2v) is 11.1. The van der Waals surface area contributed by atoms with Gasteiger partial charge in [0.15, 0.2) is 0 Å². The average molecular weight is 512 g/mol. The molecule has 0 rings (SSSR count). The van der Waals surface area contributed by atoms with Crippen molar-refractivity contribution in [3.05, 3.63) is 12.7 Å². The number of unbranched alkanes of at least 4 members (excludes halogenated alkanes) is 11. The van der Waals surface area contributed by atoms with E-state index in [9.17, 15) is 14.3 Å². The van der Waals surface area contributed by atoms with Crippen molar-refractivity contribution in [3.8, 4) is 0 Å². The molecule has 1 unspecified atom stereocenters. The number of likely N-dealkylation sites (N-methyl/N-ethyl adjacent to an activating group) is 1. The smallest absolute Gasteiger partial charge is 0.472 e. The van der Waals surface area contributed by atoms with Gasteiger partial charge in [0.25, 0.3) is 0 Å². The summed E-state index contributed by atoms with van der Waals surface area (Å²) in [5, 5.41) is 9.00. The van der Waals surface area contributed by atoms with Crippen molar-refractivity contribution in [1.82, 2.24) is 0 Å². The van der Waals surface area contributed by atoms with E-state index in [4.69, 9.17) is 18.9 Å². The van der Waals surface area contributed by atoms with Crippen LogP contribution in [-0.2, 0) is 23.1 Å². The molecule has 0 aliphatic rings. The highest BCUT2D eigenvalue weighted by Crippen LogP contribution is 2.45. The lowest BCUT2D eigenvalue weighted by Gasteiger charge is -2.29. The predicted octanol–water partition coefficient (Wildman–Crippen LogP) is 5.38. The Morgan fingerprint density at radius 2 is 1.35 bits per heavy atom. The molecule has 0 aromatic rings. The molecule has 34 heavy (non-hydrogen) atoms. The number of carboxylic acids is 1. The molecule has 0 amide bonds. The zero-order chi connectivity index (χ0) is 25.0. The zero-order valence-corrected chi connectivity index (χ0v) is 22.6. The van der Waals surface area contributed by atoms with E-state index in [1.807, 2.05) is 21.1 Å². The van der Waals surface area contributed by atoms with Crippen LogP contribution in [0.1, 0.15) is 83.5 Å². The van der Waals surface area contributed by atoms with Gasteiger partial charge in [0, 0.05) is 6.61 Å². The van der Waals surface area contributed by atoms with Crippen LogP contribution in [0.25, 0.3) is 0 Å². The van der Waals surface area contributed by atoms with Gasteiger partial charge >= 0.3 is 13.8 Å². The zero-order valence-electron chi connectivity index (χ0n) is 21.7. The number of rotatable bonds is 24. The Morgan fingerprint density at radius 1 is 0.912 bits per heavy atom. The third-order valence-corrected chi connectivity index (χ3v) is 6.18. The van der Waals surface area contributed by atoms with E-state index in [0.717, 1.165) is 32.3 Å². The van der Waals surface area contributed by atoms with Crippen LogP contribution in [0.4, 0.5) is 0 Å². The highest BCUT2D eigenvalue weighted by Gasteiger charge is 2.31. The second kappa shape index (κ2) is 21.5. The van der Waals surface area contributed by atoms with Crippen LogP contribution in [0.15, 0.2) is 12.7 Å². The molecule has 0 aliphatic carbocycles. The quantitative estimate of drug-likeness (QED) is 0.0764. The molecule has 0 fully saturated rings. The standard InChI is InChI=1S/C24H48NO7P.H2O/c1-5-18-30-19-16-14-12-10-8-6-7-9-11-13-15-17-20-31-33(28,29)32-23(21-24(26)27)22-25(2,3)4;/h5,23H,1,6-22H2,2-4H3,(H-,26,27,28,29);1H2/t23-;/m1./s1. The number of carboxylic acid groups (broad SMARTS) is 1. The maximum Gasteiger partial charge on any atom is 0.472 e. The first-order valence-corrected chi connectivity index (χ1v) is 13.9. The summed E-state index contributed by atoms with van der Waals surface area (Å²) in [6.07, 6.45) is 14.4. The van der Waals surface area contributed by atoms with Crippen molar-refractivity contribution >= 4 is 13.8 Å². The molecule has 0 saturated carbocycles. The van der Waals surface area contributed by atoms with Crippen LogP contribution in [0.3, 0.4) is 0 Å². The number of nitrogens with zero attached hydrogens (tertiary/aromatic N) is 1. The van der Waals surface area contributed by atoms with Gasteiger partial charge in [0.05, 0.1) is 40.8 Å². The molecule has 0 radical (unpaired) electrons. The van der Waals surface area contributed by atoms with Gasteiger partial charge in [-0.05, 0) is 12.8 Å². The summed E-state index contributed by atoms with van der Waals surface area (Å²) in [4.78, 5) is 20.9. The lowest BCUT2D eigenvalue weighted by atomic mass is 10.1. The monoisotopic (exact) mass is 511 g/mol. The van der Waals surface area contributed by atoms with E-state index in [1.165, 1.54) is 44.9 Å². The van der Waals surface area contributed by atoms with Gasteiger partial charge in [-0.3, -0.25) is 13.8 Å². The molecule has 9 nitrogen and oxygen atoms in total. The van der Waals surface area contributed by atoms with E-state index in [2.05, 4.69) is 6.58 Å². The Balaban J connectivity index is 0. The van der Waals surface area contributed by atoms with Crippen LogP contribution >= 0.6 is 7.82 Å². The molecule has 0 heterocycles. The summed E-state index contributed by atoms with van der Waals surface area (Å²) in [7, 11) is 1.33. The van der Waals surface area contributed by atoms with Crippen molar-refractivity contribution in [3.63, 3.8) is 0 Å². The van der Waals surface area contributed by atoms with Crippen molar-refractivity contribution in [2.24, 2.45) is 0 Å². The molecular formula is C24H50NO8P. The van der Waals surface area contributed by atoms with Gasteiger partial charge in [-0.25, -0.2) is 4.57 Å². The highest BCUT2D eigenvalue weighted by atomic mass is 31.2. The molecule has 0 aromatic heterocycles. The Bertz CT molecular complexity index is 554.